The fourth-order valence-corrected chi connectivity index (χ4v) is 2.85. The number of hydrogen-bond acceptors (Lipinski definition) is 3. The maximum atomic E-state index is 5.93. The lowest BCUT2D eigenvalue weighted by Gasteiger charge is -2.21. The lowest BCUT2D eigenvalue weighted by Crippen LogP contribution is -2.27. The molecular weight excluding hydrogens is 248 g/mol. The molecule has 0 bridgehead atoms. The fourth-order valence-electron chi connectivity index (χ4n) is 2.85. The first-order chi connectivity index (χ1) is 9.81. The third kappa shape index (κ3) is 2.42. The molecule has 0 fully saturated rings. The maximum Gasteiger partial charge on any atom is 0.127 e. The van der Waals surface area contributed by atoms with E-state index in [9.17, 15) is 0 Å². The number of para-hydroxylation sites is 1. The molecule has 0 saturated carbocycles. The van der Waals surface area contributed by atoms with Crippen LogP contribution in [0, 0.1) is 0 Å². The Kier molecular flexibility index (Phi) is 3.72. The van der Waals surface area contributed by atoms with Gasteiger partial charge in [-0.3, -0.25) is 4.90 Å². The van der Waals surface area contributed by atoms with E-state index in [1.807, 2.05) is 36.4 Å². The second-order valence-electron chi connectivity index (χ2n) is 5.09. The molecule has 0 spiro atoms. The van der Waals surface area contributed by atoms with Crippen LogP contribution in [-0.4, -0.2) is 18.0 Å². The molecule has 0 aromatic heterocycles. The number of nitrogens with zero attached hydrogens (tertiary/aromatic N) is 1. The van der Waals surface area contributed by atoms with Crippen LogP contribution in [0.15, 0.2) is 48.5 Å². The number of rotatable bonds is 4. The first kappa shape index (κ1) is 13.2. The number of fused-ring (bicyclic) bond motifs is 1. The Bertz CT molecular complexity index is 583. The second kappa shape index (κ2) is 5.65. The first-order valence-electron chi connectivity index (χ1n) is 7.11. The summed E-state index contributed by atoms with van der Waals surface area (Å²) in [4.78, 5) is 2.40. The summed E-state index contributed by atoms with van der Waals surface area (Å²) in [6.45, 7) is 4.83. The smallest absolute Gasteiger partial charge is 0.127 e. The van der Waals surface area contributed by atoms with Crippen molar-refractivity contribution in [3.05, 3.63) is 59.7 Å². The zero-order chi connectivity index (χ0) is 13.9. The average molecular weight is 268 g/mol. The van der Waals surface area contributed by atoms with E-state index in [1.165, 1.54) is 11.1 Å². The number of hydrogen-bond donors (Lipinski definition) is 1. The molecule has 2 aromatic carbocycles. The third-order valence-corrected chi connectivity index (χ3v) is 3.90. The molecule has 1 aliphatic heterocycles. The molecule has 104 valence electrons. The van der Waals surface area contributed by atoms with Gasteiger partial charge in [0, 0.05) is 19.1 Å². The summed E-state index contributed by atoms with van der Waals surface area (Å²) >= 11 is 0. The quantitative estimate of drug-likeness (QED) is 0.924. The number of likely N-dealkylation sites (N-methyl/N-ethyl adjacent to an activating group) is 1. The molecule has 3 nitrogen and oxygen atoms in total. The van der Waals surface area contributed by atoms with Crippen LogP contribution in [0.2, 0.25) is 0 Å². The van der Waals surface area contributed by atoms with Gasteiger partial charge in [-0.2, -0.15) is 0 Å². The van der Waals surface area contributed by atoms with Crippen molar-refractivity contribution in [3.63, 3.8) is 0 Å². The molecule has 2 N–H and O–H groups in total. The van der Waals surface area contributed by atoms with Crippen molar-refractivity contribution in [1.82, 2.24) is 4.90 Å². The average Bonchev–Trinajstić information content (AvgIpc) is 2.85. The van der Waals surface area contributed by atoms with Gasteiger partial charge in [0.2, 0.25) is 0 Å². The molecule has 20 heavy (non-hydrogen) atoms. The summed E-state index contributed by atoms with van der Waals surface area (Å²) in [6, 6.07) is 16.5. The Labute approximate surface area is 120 Å². The van der Waals surface area contributed by atoms with Gasteiger partial charge in [-0.25, -0.2) is 0 Å². The molecule has 1 aliphatic rings. The summed E-state index contributed by atoms with van der Waals surface area (Å²) in [7, 11) is 0. The summed E-state index contributed by atoms with van der Waals surface area (Å²) in [5.74, 6) is 1.74. The molecular formula is C17H20N2O. The van der Waals surface area contributed by atoms with E-state index in [2.05, 4.69) is 24.0 Å². The number of ether oxygens (including phenoxy) is 1. The van der Waals surface area contributed by atoms with E-state index in [4.69, 9.17) is 10.5 Å². The highest BCUT2D eigenvalue weighted by molar-refractivity contribution is 5.42. The third-order valence-electron chi connectivity index (χ3n) is 3.90. The van der Waals surface area contributed by atoms with Crippen LogP contribution in [0.4, 0.5) is 0 Å². The van der Waals surface area contributed by atoms with Gasteiger partial charge in [0.25, 0.3) is 0 Å². The summed E-state index contributed by atoms with van der Waals surface area (Å²) < 4.78 is 5.91. The molecule has 3 heteroatoms. The van der Waals surface area contributed by atoms with Crippen molar-refractivity contribution >= 4 is 0 Å². The van der Waals surface area contributed by atoms with Gasteiger partial charge in [-0.05, 0) is 41.9 Å². The Balaban J connectivity index is 1.87. The number of benzene rings is 2. The van der Waals surface area contributed by atoms with Crippen molar-refractivity contribution in [3.8, 4) is 11.5 Å². The van der Waals surface area contributed by atoms with Crippen LogP contribution >= 0.6 is 0 Å². The normalized spacial score (nSPS) is 18.0. The van der Waals surface area contributed by atoms with E-state index in [-0.39, 0.29) is 0 Å². The van der Waals surface area contributed by atoms with E-state index in [1.54, 1.807) is 0 Å². The van der Waals surface area contributed by atoms with Gasteiger partial charge in [-0.15, -0.1) is 0 Å². The van der Waals surface area contributed by atoms with Crippen LogP contribution in [0.3, 0.4) is 0 Å². The van der Waals surface area contributed by atoms with Crippen molar-refractivity contribution < 1.29 is 4.74 Å². The minimum atomic E-state index is 0.314. The van der Waals surface area contributed by atoms with Crippen LogP contribution in [-0.2, 0) is 6.54 Å². The van der Waals surface area contributed by atoms with E-state index >= 15 is 0 Å². The molecule has 1 heterocycles. The largest absolute Gasteiger partial charge is 0.457 e. The lowest BCUT2D eigenvalue weighted by molar-refractivity contribution is 0.232. The van der Waals surface area contributed by atoms with E-state index in [0.29, 0.717) is 12.6 Å². The topological polar surface area (TPSA) is 38.5 Å². The lowest BCUT2D eigenvalue weighted by atomic mass is 10.0. The molecule has 1 atom stereocenters. The Morgan fingerprint density at radius 1 is 1.15 bits per heavy atom. The monoisotopic (exact) mass is 268 g/mol. The molecule has 0 saturated heterocycles. The van der Waals surface area contributed by atoms with Gasteiger partial charge >= 0.3 is 0 Å². The summed E-state index contributed by atoms with van der Waals surface area (Å²) in [5.41, 5.74) is 8.61. The molecule has 0 radical (unpaired) electrons. The minimum Gasteiger partial charge on any atom is -0.457 e. The fraction of sp³-hybridized carbons (Fsp3) is 0.294. The summed E-state index contributed by atoms with van der Waals surface area (Å²) in [6.07, 6.45) is 0. The van der Waals surface area contributed by atoms with Crippen molar-refractivity contribution in [2.45, 2.75) is 19.5 Å². The van der Waals surface area contributed by atoms with Crippen LogP contribution in [0.1, 0.15) is 24.1 Å². The first-order valence-corrected chi connectivity index (χ1v) is 7.11. The van der Waals surface area contributed by atoms with Gasteiger partial charge in [0.15, 0.2) is 0 Å². The predicted octanol–water partition coefficient (Wildman–Crippen LogP) is 3.31. The predicted molar refractivity (Wildman–Crippen MR) is 80.8 cm³/mol. The zero-order valence-corrected chi connectivity index (χ0v) is 11.8. The maximum absolute atomic E-state index is 5.93. The molecule has 0 aliphatic carbocycles. The second-order valence-corrected chi connectivity index (χ2v) is 5.09. The van der Waals surface area contributed by atoms with Crippen LogP contribution in [0.5, 0.6) is 11.5 Å². The minimum absolute atomic E-state index is 0.314. The standard InChI is InChI=1S/C17H20N2O/c1-2-19-12-13-8-9-15(10-16(13)17(19)11-18)20-14-6-4-3-5-7-14/h3-10,17H,2,11-12,18H2,1H3. The summed E-state index contributed by atoms with van der Waals surface area (Å²) in [5, 5.41) is 0. The van der Waals surface area contributed by atoms with Crippen molar-refractivity contribution in [1.29, 1.82) is 0 Å². The van der Waals surface area contributed by atoms with Gasteiger partial charge in [0.1, 0.15) is 11.5 Å². The van der Waals surface area contributed by atoms with E-state index in [0.717, 1.165) is 24.6 Å². The highest BCUT2D eigenvalue weighted by Crippen LogP contribution is 2.36. The van der Waals surface area contributed by atoms with E-state index < -0.39 is 0 Å². The van der Waals surface area contributed by atoms with Gasteiger partial charge in [0.05, 0.1) is 0 Å². The van der Waals surface area contributed by atoms with Crippen LogP contribution < -0.4 is 10.5 Å². The molecule has 2 aromatic rings. The van der Waals surface area contributed by atoms with Gasteiger partial charge < -0.3 is 10.5 Å². The molecule has 1 unspecified atom stereocenters. The SMILES string of the molecule is CCN1Cc2ccc(Oc3ccccc3)cc2C1CN. The highest BCUT2D eigenvalue weighted by Gasteiger charge is 2.28. The van der Waals surface area contributed by atoms with Crippen molar-refractivity contribution in [2.75, 3.05) is 13.1 Å². The Hall–Kier alpha value is -1.84. The van der Waals surface area contributed by atoms with Gasteiger partial charge in [-0.1, -0.05) is 31.2 Å². The van der Waals surface area contributed by atoms with Crippen molar-refractivity contribution in [2.24, 2.45) is 5.73 Å². The highest BCUT2D eigenvalue weighted by atomic mass is 16.5. The zero-order valence-electron chi connectivity index (χ0n) is 11.8. The number of nitrogens with two attached hydrogens (primary N) is 1. The van der Waals surface area contributed by atoms with Crippen LogP contribution in [0.25, 0.3) is 0 Å². The molecule has 0 amide bonds. The Morgan fingerprint density at radius 2 is 1.95 bits per heavy atom. The molecule has 3 rings (SSSR count). The Morgan fingerprint density at radius 3 is 2.65 bits per heavy atom.